The monoisotopic (exact) mass is 226 g/mol. The van der Waals surface area contributed by atoms with Crippen molar-refractivity contribution in [2.45, 2.75) is 44.8 Å². The lowest BCUT2D eigenvalue weighted by molar-refractivity contribution is 0.158. The van der Waals surface area contributed by atoms with E-state index in [-0.39, 0.29) is 24.8 Å². The van der Waals surface area contributed by atoms with Crippen molar-refractivity contribution in [1.29, 1.82) is 0 Å². The molecule has 0 spiro atoms. The first-order valence-corrected chi connectivity index (χ1v) is 4.76. The molecule has 2 heterocycles. The average Bonchev–Trinajstić information content (AvgIpc) is 2.30. The Hall–Kier alpha value is 0.500. The summed E-state index contributed by atoms with van der Waals surface area (Å²) in [6.45, 7) is 7.14. The summed E-state index contributed by atoms with van der Waals surface area (Å²) < 4.78 is 0. The largest absolute Gasteiger partial charge is 0.309 e. The Morgan fingerprint density at radius 1 is 1.08 bits per heavy atom. The molecule has 2 fully saturated rings. The van der Waals surface area contributed by atoms with E-state index in [0.29, 0.717) is 0 Å². The second-order valence-corrected chi connectivity index (χ2v) is 4.19. The summed E-state index contributed by atoms with van der Waals surface area (Å²) in [6.07, 6.45) is 2.79. The average molecular weight is 227 g/mol. The van der Waals surface area contributed by atoms with Gasteiger partial charge in [0.25, 0.3) is 0 Å². The fourth-order valence-corrected chi connectivity index (χ4v) is 2.25. The van der Waals surface area contributed by atoms with Gasteiger partial charge in [0.2, 0.25) is 0 Å². The van der Waals surface area contributed by atoms with E-state index in [9.17, 15) is 0 Å². The van der Waals surface area contributed by atoms with Crippen LogP contribution in [0.2, 0.25) is 0 Å². The molecule has 2 atom stereocenters. The van der Waals surface area contributed by atoms with Gasteiger partial charge >= 0.3 is 0 Å². The Kier molecular flexibility index (Phi) is 5.61. The van der Waals surface area contributed by atoms with Crippen LogP contribution in [0.15, 0.2) is 0 Å². The van der Waals surface area contributed by atoms with Crippen molar-refractivity contribution in [3.63, 3.8) is 0 Å². The van der Waals surface area contributed by atoms with E-state index in [4.69, 9.17) is 0 Å². The van der Waals surface area contributed by atoms with Gasteiger partial charge in [0.1, 0.15) is 0 Å². The summed E-state index contributed by atoms with van der Waals surface area (Å²) in [5, 5.41) is 3.63. The minimum atomic E-state index is 0. The summed E-state index contributed by atoms with van der Waals surface area (Å²) in [7, 11) is 0. The number of nitrogens with one attached hydrogen (secondary N) is 1. The van der Waals surface area contributed by atoms with Crippen LogP contribution < -0.4 is 5.32 Å². The highest BCUT2D eigenvalue weighted by Crippen LogP contribution is 2.21. The van der Waals surface area contributed by atoms with Crippen molar-refractivity contribution in [2.24, 2.45) is 0 Å². The molecule has 1 N–H and O–H groups in total. The normalized spacial score (nSPS) is 32.5. The Balaban J connectivity index is 0.000000720. The zero-order valence-corrected chi connectivity index (χ0v) is 9.96. The summed E-state index contributed by atoms with van der Waals surface area (Å²) in [5.41, 5.74) is 0. The number of hydrogen-bond donors (Lipinski definition) is 1. The smallest absolute Gasteiger partial charge is 0.0198 e. The lowest BCUT2D eigenvalue weighted by atomic mass is 10.2. The number of halogens is 2. The van der Waals surface area contributed by atoms with E-state index in [2.05, 4.69) is 24.1 Å². The van der Waals surface area contributed by atoms with Crippen LogP contribution in [-0.4, -0.2) is 36.1 Å². The van der Waals surface area contributed by atoms with Gasteiger partial charge in [0.15, 0.2) is 0 Å². The van der Waals surface area contributed by atoms with E-state index in [0.717, 1.165) is 18.1 Å². The third-order valence-corrected chi connectivity index (χ3v) is 2.98. The van der Waals surface area contributed by atoms with E-state index in [1.165, 1.54) is 25.9 Å². The van der Waals surface area contributed by atoms with Crippen LogP contribution in [0.4, 0.5) is 0 Å². The number of likely N-dealkylation sites (tertiary alicyclic amines) is 1. The molecular weight excluding hydrogens is 207 g/mol. The maximum absolute atomic E-state index is 3.63. The highest BCUT2D eigenvalue weighted by Gasteiger charge is 2.32. The first kappa shape index (κ1) is 13.5. The molecule has 13 heavy (non-hydrogen) atoms. The molecule has 2 nitrogen and oxygen atoms in total. The lowest BCUT2D eigenvalue weighted by Gasteiger charge is -2.35. The Morgan fingerprint density at radius 3 is 1.92 bits per heavy atom. The zero-order valence-electron chi connectivity index (χ0n) is 8.32. The molecule has 2 unspecified atom stereocenters. The maximum Gasteiger partial charge on any atom is 0.0198 e. The molecule has 2 bridgehead atoms. The van der Waals surface area contributed by atoms with Crippen LogP contribution in [0.5, 0.6) is 0 Å². The predicted molar refractivity (Wildman–Crippen MR) is 61.2 cm³/mol. The molecule has 0 aliphatic carbocycles. The van der Waals surface area contributed by atoms with Gasteiger partial charge in [0, 0.05) is 31.2 Å². The second-order valence-electron chi connectivity index (χ2n) is 4.19. The second kappa shape index (κ2) is 5.40. The van der Waals surface area contributed by atoms with Crippen molar-refractivity contribution < 1.29 is 0 Å². The fraction of sp³-hybridized carbons (Fsp3) is 1.00. The quantitative estimate of drug-likeness (QED) is 0.733. The standard InChI is InChI=1S/C9H18N2.2ClH/c1-7(2)11-5-8-3-4-9(6-11)10-8;;/h7-10H,3-6H2,1-2H3;2*1H. The summed E-state index contributed by atoms with van der Waals surface area (Å²) >= 11 is 0. The van der Waals surface area contributed by atoms with Crippen LogP contribution in [-0.2, 0) is 0 Å². The third-order valence-electron chi connectivity index (χ3n) is 2.98. The summed E-state index contributed by atoms with van der Waals surface area (Å²) in [6, 6.07) is 2.34. The lowest BCUT2D eigenvalue weighted by Crippen LogP contribution is -2.53. The minimum Gasteiger partial charge on any atom is -0.309 e. The van der Waals surface area contributed by atoms with Crippen molar-refractivity contribution in [3.05, 3.63) is 0 Å². The highest BCUT2D eigenvalue weighted by molar-refractivity contribution is 5.85. The first-order valence-electron chi connectivity index (χ1n) is 4.76. The van der Waals surface area contributed by atoms with Gasteiger partial charge < -0.3 is 5.32 Å². The van der Waals surface area contributed by atoms with Gasteiger partial charge in [-0.05, 0) is 26.7 Å². The van der Waals surface area contributed by atoms with E-state index in [1.54, 1.807) is 0 Å². The summed E-state index contributed by atoms with van der Waals surface area (Å²) in [4.78, 5) is 2.60. The first-order chi connectivity index (χ1) is 5.25. The number of nitrogens with zero attached hydrogens (tertiary/aromatic N) is 1. The van der Waals surface area contributed by atoms with Crippen molar-refractivity contribution >= 4 is 24.8 Å². The SMILES string of the molecule is CC(C)N1CC2CCC(C1)N2.Cl.Cl. The molecule has 0 aromatic heterocycles. The molecule has 2 saturated heterocycles. The Morgan fingerprint density at radius 2 is 1.54 bits per heavy atom. The topological polar surface area (TPSA) is 15.3 Å². The molecule has 80 valence electrons. The third kappa shape index (κ3) is 2.98. The molecule has 0 amide bonds. The molecule has 0 saturated carbocycles. The highest BCUT2D eigenvalue weighted by atomic mass is 35.5. The molecule has 2 aliphatic heterocycles. The number of rotatable bonds is 1. The van der Waals surface area contributed by atoms with Crippen LogP contribution in [0.25, 0.3) is 0 Å². The van der Waals surface area contributed by atoms with Gasteiger partial charge in [0.05, 0.1) is 0 Å². The molecule has 2 aliphatic rings. The van der Waals surface area contributed by atoms with Crippen molar-refractivity contribution in [3.8, 4) is 0 Å². The molecule has 2 rings (SSSR count). The molecule has 0 aromatic carbocycles. The van der Waals surface area contributed by atoms with Gasteiger partial charge in [-0.1, -0.05) is 0 Å². The predicted octanol–water partition coefficient (Wildman–Crippen LogP) is 1.67. The minimum absolute atomic E-state index is 0. The van der Waals surface area contributed by atoms with Crippen molar-refractivity contribution in [2.75, 3.05) is 13.1 Å². The van der Waals surface area contributed by atoms with Gasteiger partial charge in [-0.2, -0.15) is 0 Å². The Bertz CT molecular complexity index is 141. The van der Waals surface area contributed by atoms with E-state index >= 15 is 0 Å². The molecule has 0 radical (unpaired) electrons. The number of fused-ring (bicyclic) bond motifs is 2. The van der Waals surface area contributed by atoms with Crippen LogP contribution in [0.1, 0.15) is 26.7 Å². The van der Waals surface area contributed by atoms with Crippen LogP contribution >= 0.6 is 24.8 Å². The van der Waals surface area contributed by atoms with E-state index < -0.39 is 0 Å². The number of piperazine rings is 1. The maximum atomic E-state index is 3.63. The van der Waals surface area contributed by atoms with Crippen molar-refractivity contribution in [1.82, 2.24) is 10.2 Å². The molecular formula is C9H20Cl2N2. The van der Waals surface area contributed by atoms with Gasteiger partial charge in [-0.3, -0.25) is 4.90 Å². The van der Waals surface area contributed by atoms with Gasteiger partial charge in [-0.25, -0.2) is 0 Å². The van der Waals surface area contributed by atoms with Crippen LogP contribution in [0, 0.1) is 0 Å². The number of hydrogen-bond acceptors (Lipinski definition) is 2. The Labute approximate surface area is 93.3 Å². The van der Waals surface area contributed by atoms with Crippen LogP contribution in [0.3, 0.4) is 0 Å². The zero-order chi connectivity index (χ0) is 7.84. The molecule has 4 heteroatoms. The van der Waals surface area contributed by atoms with E-state index in [1.807, 2.05) is 0 Å². The molecule has 0 aromatic rings. The summed E-state index contributed by atoms with van der Waals surface area (Å²) in [5.74, 6) is 0. The van der Waals surface area contributed by atoms with Gasteiger partial charge in [-0.15, -0.1) is 24.8 Å². The fourth-order valence-electron chi connectivity index (χ4n) is 2.25.